The highest BCUT2D eigenvalue weighted by Gasteiger charge is 2.06. The first-order valence-electron chi connectivity index (χ1n) is 6.72. The lowest BCUT2D eigenvalue weighted by molar-refractivity contribution is 0.414. The molecule has 0 aliphatic carbocycles. The van der Waals surface area contributed by atoms with Gasteiger partial charge in [-0.25, -0.2) is 4.39 Å². The molecule has 1 N–H and O–H groups in total. The van der Waals surface area contributed by atoms with Crippen LogP contribution >= 0.6 is 0 Å². The number of hydrogen-bond acceptors (Lipinski definition) is 2. The number of hydrogen-bond donors (Lipinski definition) is 1. The summed E-state index contributed by atoms with van der Waals surface area (Å²) in [5.74, 6) is 0.671. The van der Waals surface area contributed by atoms with Crippen molar-refractivity contribution in [3.63, 3.8) is 0 Å². The van der Waals surface area contributed by atoms with Crippen LogP contribution in [0.2, 0.25) is 0 Å². The van der Waals surface area contributed by atoms with Crippen molar-refractivity contribution in [1.29, 1.82) is 0 Å². The number of ether oxygens (including phenoxy) is 1. The van der Waals surface area contributed by atoms with Crippen molar-refractivity contribution < 1.29 is 9.13 Å². The minimum atomic E-state index is -0.186. The fourth-order valence-corrected chi connectivity index (χ4v) is 2.13. The van der Waals surface area contributed by atoms with Crippen molar-refractivity contribution in [3.8, 4) is 5.75 Å². The van der Waals surface area contributed by atoms with Gasteiger partial charge in [-0.3, -0.25) is 0 Å². The van der Waals surface area contributed by atoms with Crippen molar-refractivity contribution >= 4 is 0 Å². The van der Waals surface area contributed by atoms with E-state index in [4.69, 9.17) is 4.74 Å². The Morgan fingerprint density at radius 3 is 2.45 bits per heavy atom. The van der Waals surface area contributed by atoms with Crippen LogP contribution in [-0.4, -0.2) is 7.11 Å². The SMILES string of the molecule is COc1ccc([C@H](C)NCc2ccc(F)cc2C)cc1. The largest absolute Gasteiger partial charge is 0.497 e. The van der Waals surface area contributed by atoms with Crippen LogP contribution < -0.4 is 10.1 Å². The first kappa shape index (κ1) is 14.5. The number of nitrogens with one attached hydrogen (secondary N) is 1. The molecule has 3 heteroatoms. The lowest BCUT2D eigenvalue weighted by Gasteiger charge is -2.16. The number of rotatable bonds is 5. The molecule has 0 fully saturated rings. The summed E-state index contributed by atoms with van der Waals surface area (Å²) in [6.45, 7) is 4.76. The lowest BCUT2D eigenvalue weighted by Crippen LogP contribution is -2.18. The van der Waals surface area contributed by atoms with E-state index >= 15 is 0 Å². The van der Waals surface area contributed by atoms with E-state index in [1.807, 2.05) is 37.3 Å². The van der Waals surface area contributed by atoms with Crippen LogP contribution in [0, 0.1) is 12.7 Å². The zero-order valence-corrected chi connectivity index (χ0v) is 12.1. The second-order valence-corrected chi connectivity index (χ2v) is 4.95. The average molecular weight is 273 g/mol. The van der Waals surface area contributed by atoms with Gasteiger partial charge in [0.1, 0.15) is 11.6 Å². The van der Waals surface area contributed by atoms with Crippen LogP contribution in [0.25, 0.3) is 0 Å². The van der Waals surface area contributed by atoms with E-state index in [1.165, 1.54) is 11.6 Å². The number of halogens is 1. The van der Waals surface area contributed by atoms with Crippen molar-refractivity contribution in [2.45, 2.75) is 26.4 Å². The van der Waals surface area contributed by atoms with Gasteiger partial charge in [0.2, 0.25) is 0 Å². The molecule has 106 valence electrons. The molecule has 0 heterocycles. The summed E-state index contributed by atoms with van der Waals surface area (Å²) in [7, 11) is 1.66. The molecular weight excluding hydrogens is 253 g/mol. The molecule has 0 saturated carbocycles. The Labute approximate surface area is 119 Å². The molecule has 0 amide bonds. The minimum Gasteiger partial charge on any atom is -0.497 e. The van der Waals surface area contributed by atoms with E-state index in [0.29, 0.717) is 0 Å². The van der Waals surface area contributed by atoms with Gasteiger partial charge < -0.3 is 10.1 Å². The molecule has 0 saturated heterocycles. The van der Waals surface area contributed by atoms with E-state index in [2.05, 4.69) is 12.2 Å². The maximum atomic E-state index is 13.1. The molecule has 1 atom stereocenters. The van der Waals surface area contributed by atoms with Gasteiger partial charge in [0.05, 0.1) is 7.11 Å². The second kappa shape index (κ2) is 6.53. The van der Waals surface area contributed by atoms with Gasteiger partial charge in [-0.05, 0) is 54.8 Å². The maximum Gasteiger partial charge on any atom is 0.123 e. The molecule has 2 rings (SSSR count). The third-order valence-corrected chi connectivity index (χ3v) is 3.52. The maximum absolute atomic E-state index is 13.1. The molecule has 2 aromatic carbocycles. The first-order valence-corrected chi connectivity index (χ1v) is 6.72. The summed E-state index contributed by atoms with van der Waals surface area (Å²) in [5.41, 5.74) is 3.29. The van der Waals surface area contributed by atoms with Gasteiger partial charge in [-0.2, -0.15) is 0 Å². The minimum absolute atomic E-state index is 0.186. The molecule has 0 spiro atoms. The van der Waals surface area contributed by atoms with E-state index in [1.54, 1.807) is 13.2 Å². The van der Waals surface area contributed by atoms with Crippen molar-refractivity contribution in [2.75, 3.05) is 7.11 Å². The Balaban J connectivity index is 1.98. The Morgan fingerprint density at radius 2 is 1.85 bits per heavy atom. The van der Waals surface area contributed by atoms with E-state index < -0.39 is 0 Å². The second-order valence-electron chi connectivity index (χ2n) is 4.95. The summed E-state index contributed by atoms with van der Waals surface area (Å²) in [4.78, 5) is 0. The smallest absolute Gasteiger partial charge is 0.123 e. The van der Waals surface area contributed by atoms with E-state index in [0.717, 1.165) is 23.4 Å². The molecule has 2 nitrogen and oxygen atoms in total. The highest BCUT2D eigenvalue weighted by atomic mass is 19.1. The average Bonchev–Trinajstić information content (AvgIpc) is 2.46. The van der Waals surface area contributed by atoms with Gasteiger partial charge in [-0.15, -0.1) is 0 Å². The standard InChI is InChI=1S/C17H20FNO/c1-12-10-16(18)7-4-15(12)11-19-13(2)14-5-8-17(20-3)9-6-14/h4-10,13,19H,11H2,1-3H3/t13-/m0/s1. The summed E-state index contributed by atoms with van der Waals surface area (Å²) in [5, 5.41) is 3.45. The Kier molecular flexibility index (Phi) is 4.74. The summed E-state index contributed by atoms with van der Waals surface area (Å²) in [6, 6.07) is 13.1. The van der Waals surface area contributed by atoms with Crippen LogP contribution in [0.4, 0.5) is 4.39 Å². The molecule has 0 aromatic heterocycles. The van der Waals surface area contributed by atoms with Crippen molar-refractivity contribution in [2.24, 2.45) is 0 Å². The normalized spacial score (nSPS) is 12.2. The quantitative estimate of drug-likeness (QED) is 0.889. The lowest BCUT2D eigenvalue weighted by atomic mass is 10.1. The van der Waals surface area contributed by atoms with Crippen LogP contribution in [0.15, 0.2) is 42.5 Å². The summed E-state index contributed by atoms with van der Waals surface area (Å²) < 4.78 is 18.2. The molecule has 0 aliphatic heterocycles. The number of benzene rings is 2. The highest BCUT2D eigenvalue weighted by Crippen LogP contribution is 2.18. The van der Waals surface area contributed by atoms with E-state index in [9.17, 15) is 4.39 Å². The van der Waals surface area contributed by atoms with Gasteiger partial charge in [0.15, 0.2) is 0 Å². The molecule has 2 aromatic rings. The third-order valence-electron chi connectivity index (χ3n) is 3.52. The van der Waals surface area contributed by atoms with Crippen LogP contribution in [0.5, 0.6) is 5.75 Å². The zero-order valence-electron chi connectivity index (χ0n) is 12.1. The fraction of sp³-hybridized carbons (Fsp3) is 0.294. The highest BCUT2D eigenvalue weighted by molar-refractivity contribution is 5.30. The van der Waals surface area contributed by atoms with Gasteiger partial charge in [-0.1, -0.05) is 18.2 Å². The molecule has 20 heavy (non-hydrogen) atoms. The molecule has 0 aliphatic rings. The predicted molar refractivity (Wildman–Crippen MR) is 79.4 cm³/mol. The van der Waals surface area contributed by atoms with E-state index in [-0.39, 0.29) is 11.9 Å². The van der Waals surface area contributed by atoms with Gasteiger partial charge in [0, 0.05) is 12.6 Å². The Bertz CT molecular complexity index is 566. The topological polar surface area (TPSA) is 21.3 Å². The molecular formula is C17H20FNO. The summed E-state index contributed by atoms with van der Waals surface area (Å²) >= 11 is 0. The molecule has 0 bridgehead atoms. The molecule has 0 radical (unpaired) electrons. The number of aryl methyl sites for hydroxylation is 1. The monoisotopic (exact) mass is 273 g/mol. The molecule has 0 unspecified atom stereocenters. The van der Waals surface area contributed by atoms with Gasteiger partial charge >= 0.3 is 0 Å². The summed E-state index contributed by atoms with van der Waals surface area (Å²) in [6.07, 6.45) is 0. The van der Waals surface area contributed by atoms with Crippen LogP contribution in [0.1, 0.15) is 29.7 Å². The Hall–Kier alpha value is -1.87. The van der Waals surface area contributed by atoms with Crippen molar-refractivity contribution in [1.82, 2.24) is 5.32 Å². The number of methoxy groups -OCH3 is 1. The van der Waals surface area contributed by atoms with Gasteiger partial charge in [0.25, 0.3) is 0 Å². The predicted octanol–water partition coefficient (Wildman–Crippen LogP) is 3.99. The van der Waals surface area contributed by atoms with Crippen molar-refractivity contribution in [3.05, 3.63) is 65.0 Å². The van der Waals surface area contributed by atoms with Crippen LogP contribution in [-0.2, 0) is 6.54 Å². The Morgan fingerprint density at radius 1 is 1.15 bits per heavy atom. The first-order chi connectivity index (χ1) is 9.60. The van der Waals surface area contributed by atoms with Crippen LogP contribution in [0.3, 0.4) is 0 Å². The zero-order chi connectivity index (χ0) is 14.5. The third kappa shape index (κ3) is 3.58. The fourth-order valence-electron chi connectivity index (χ4n) is 2.13.